The van der Waals surface area contributed by atoms with E-state index in [1.54, 1.807) is 0 Å². The number of rotatable bonds is 54. The average molecular weight is 905 g/mol. The van der Waals surface area contributed by atoms with Gasteiger partial charge >= 0.3 is 5.97 Å². The number of esters is 1. The predicted molar refractivity (Wildman–Crippen MR) is 278 cm³/mol. The molecule has 0 aromatic heterocycles. The van der Waals surface area contributed by atoms with Crippen LogP contribution in [0.1, 0.15) is 322 Å². The van der Waals surface area contributed by atoms with Crippen molar-refractivity contribution >= 4 is 11.9 Å². The third kappa shape index (κ3) is 50.0. The first kappa shape index (κ1) is 62.6. The van der Waals surface area contributed by atoms with Crippen LogP contribution in [0.3, 0.4) is 0 Å². The molecule has 0 spiro atoms. The molecule has 0 heterocycles. The van der Waals surface area contributed by atoms with Crippen LogP contribution < -0.4 is 5.32 Å². The van der Waals surface area contributed by atoms with E-state index in [0.717, 1.165) is 44.9 Å². The second kappa shape index (κ2) is 54.2. The summed E-state index contributed by atoms with van der Waals surface area (Å²) < 4.78 is 5.49. The summed E-state index contributed by atoms with van der Waals surface area (Å²) in [5.41, 5.74) is 0. The van der Waals surface area contributed by atoms with Crippen LogP contribution in [0.2, 0.25) is 0 Å². The standard InChI is InChI=1S/C58H113NO5/c1-3-5-7-9-11-13-14-15-16-22-26-29-32-36-40-44-48-52-58(63)64-53-49-45-41-37-33-30-27-24-21-19-17-18-20-23-25-28-31-35-39-43-47-51-57(62)59-55(54-60)56(61)50-46-42-38-34-12-10-8-6-4-2/h15-16,55-56,60-61H,3-14,17-54H2,1-2H3,(H,59,62)/b16-15-. The van der Waals surface area contributed by atoms with Gasteiger partial charge in [0.2, 0.25) is 5.91 Å². The number of ether oxygens (including phenoxy) is 1. The van der Waals surface area contributed by atoms with Crippen molar-refractivity contribution in [1.82, 2.24) is 5.32 Å². The first-order valence-corrected chi connectivity index (χ1v) is 28.9. The van der Waals surface area contributed by atoms with E-state index in [9.17, 15) is 19.8 Å². The fourth-order valence-electron chi connectivity index (χ4n) is 9.11. The Morgan fingerprint density at radius 3 is 1.11 bits per heavy atom. The average Bonchev–Trinajstić information content (AvgIpc) is 3.29. The van der Waals surface area contributed by atoms with Gasteiger partial charge in [-0.25, -0.2) is 0 Å². The van der Waals surface area contributed by atoms with Gasteiger partial charge in [-0.2, -0.15) is 0 Å². The van der Waals surface area contributed by atoms with Crippen LogP contribution in [0.5, 0.6) is 0 Å². The van der Waals surface area contributed by atoms with Gasteiger partial charge in [0.1, 0.15) is 0 Å². The molecule has 0 rings (SSSR count). The molecular weight excluding hydrogens is 791 g/mol. The molecule has 6 nitrogen and oxygen atoms in total. The quantitative estimate of drug-likeness (QED) is 0.0321. The summed E-state index contributed by atoms with van der Waals surface area (Å²) in [5.74, 6) is -0.0285. The molecule has 2 atom stereocenters. The lowest BCUT2D eigenvalue weighted by atomic mass is 10.0. The van der Waals surface area contributed by atoms with Crippen molar-refractivity contribution in [1.29, 1.82) is 0 Å². The van der Waals surface area contributed by atoms with Gasteiger partial charge in [0.15, 0.2) is 0 Å². The number of carbonyl (C=O) groups is 2. The van der Waals surface area contributed by atoms with Crippen LogP contribution in [0, 0.1) is 0 Å². The van der Waals surface area contributed by atoms with Crippen LogP contribution in [0.15, 0.2) is 12.2 Å². The molecule has 1 amide bonds. The molecule has 0 aliphatic carbocycles. The highest BCUT2D eigenvalue weighted by Crippen LogP contribution is 2.17. The van der Waals surface area contributed by atoms with E-state index < -0.39 is 12.1 Å². The third-order valence-corrected chi connectivity index (χ3v) is 13.6. The minimum atomic E-state index is -0.662. The number of nitrogens with one attached hydrogen (secondary N) is 1. The molecule has 0 aliphatic rings. The molecular formula is C58H113NO5. The largest absolute Gasteiger partial charge is 0.466 e. The monoisotopic (exact) mass is 904 g/mol. The predicted octanol–water partition coefficient (Wildman–Crippen LogP) is 17.7. The Balaban J connectivity index is 3.34. The zero-order valence-corrected chi connectivity index (χ0v) is 43.3. The van der Waals surface area contributed by atoms with Crippen molar-refractivity contribution in [3.05, 3.63) is 12.2 Å². The molecule has 0 fully saturated rings. The number of hydrogen-bond acceptors (Lipinski definition) is 5. The Hall–Kier alpha value is -1.40. The highest BCUT2D eigenvalue weighted by atomic mass is 16.5. The number of allylic oxidation sites excluding steroid dienone is 2. The molecule has 0 saturated heterocycles. The SMILES string of the molecule is CCCCCCCC/C=C\CCCCCCCCCC(=O)OCCCCCCCCCCCCCCCCCCCCCCCC(=O)NC(CO)C(O)CCCCCCCCCCC. The van der Waals surface area contributed by atoms with Gasteiger partial charge in [-0.3, -0.25) is 9.59 Å². The maximum absolute atomic E-state index is 12.4. The maximum Gasteiger partial charge on any atom is 0.305 e. The lowest BCUT2D eigenvalue weighted by Crippen LogP contribution is -2.45. The third-order valence-electron chi connectivity index (χ3n) is 13.6. The van der Waals surface area contributed by atoms with E-state index in [0.29, 0.717) is 25.9 Å². The van der Waals surface area contributed by atoms with Gasteiger partial charge in [0.05, 0.1) is 25.4 Å². The summed E-state index contributed by atoms with van der Waals surface area (Å²) >= 11 is 0. The van der Waals surface area contributed by atoms with Crippen molar-refractivity contribution in [2.45, 2.75) is 334 Å². The number of unbranched alkanes of at least 4 members (excludes halogenated alkanes) is 41. The molecule has 0 radical (unpaired) electrons. The van der Waals surface area contributed by atoms with Crippen molar-refractivity contribution in [2.75, 3.05) is 13.2 Å². The summed E-state index contributed by atoms with van der Waals surface area (Å²) in [6.45, 7) is 4.94. The zero-order valence-electron chi connectivity index (χ0n) is 43.3. The summed E-state index contributed by atoms with van der Waals surface area (Å²) in [6.07, 6.45) is 63.6. The topological polar surface area (TPSA) is 95.9 Å². The second-order valence-corrected chi connectivity index (χ2v) is 20.0. The maximum atomic E-state index is 12.4. The summed E-state index contributed by atoms with van der Waals surface area (Å²) in [4.78, 5) is 24.5. The van der Waals surface area contributed by atoms with Gasteiger partial charge in [-0.15, -0.1) is 0 Å². The lowest BCUT2D eigenvalue weighted by Gasteiger charge is -2.22. The van der Waals surface area contributed by atoms with E-state index in [-0.39, 0.29) is 18.5 Å². The van der Waals surface area contributed by atoms with E-state index >= 15 is 0 Å². The normalized spacial score (nSPS) is 12.6. The van der Waals surface area contributed by atoms with E-state index in [1.807, 2.05) is 0 Å². The molecule has 6 heteroatoms. The van der Waals surface area contributed by atoms with E-state index in [4.69, 9.17) is 4.74 Å². The molecule has 0 aromatic carbocycles. The Labute approximate surface area is 399 Å². The molecule has 0 aromatic rings. The number of carbonyl (C=O) groups excluding carboxylic acids is 2. The fraction of sp³-hybridized carbons (Fsp3) is 0.931. The summed E-state index contributed by atoms with van der Waals surface area (Å²) in [7, 11) is 0. The minimum Gasteiger partial charge on any atom is -0.466 e. The highest BCUT2D eigenvalue weighted by molar-refractivity contribution is 5.76. The number of aliphatic hydroxyl groups is 2. The van der Waals surface area contributed by atoms with Gasteiger partial charge < -0.3 is 20.3 Å². The Bertz CT molecular complexity index is 955. The molecule has 2 unspecified atom stereocenters. The zero-order chi connectivity index (χ0) is 46.5. The van der Waals surface area contributed by atoms with Crippen molar-refractivity contribution in [2.24, 2.45) is 0 Å². The van der Waals surface area contributed by atoms with Crippen LogP contribution in [-0.4, -0.2) is 47.4 Å². The van der Waals surface area contributed by atoms with Crippen LogP contribution in [0.25, 0.3) is 0 Å². The Morgan fingerprint density at radius 1 is 0.422 bits per heavy atom. The van der Waals surface area contributed by atoms with Crippen LogP contribution in [0.4, 0.5) is 0 Å². The van der Waals surface area contributed by atoms with Gasteiger partial charge in [0, 0.05) is 12.8 Å². The highest BCUT2D eigenvalue weighted by Gasteiger charge is 2.20. The first-order valence-electron chi connectivity index (χ1n) is 28.9. The van der Waals surface area contributed by atoms with Crippen LogP contribution >= 0.6 is 0 Å². The minimum absolute atomic E-state index is 0.00895. The van der Waals surface area contributed by atoms with E-state index in [2.05, 4.69) is 31.3 Å². The van der Waals surface area contributed by atoms with Gasteiger partial charge in [-0.1, -0.05) is 270 Å². The Morgan fingerprint density at radius 2 is 0.734 bits per heavy atom. The van der Waals surface area contributed by atoms with Crippen molar-refractivity contribution in [3.63, 3.8) is 0 Å². The lowest BCUT2D eigenvalue weighted by molar-refractivity contribution is -0.143. The van der Waals surface area contributed by atoms with Gasteiger partial charge in [0.25, 0.3) is 0 Å². The molecule has 3 N–H and O–H groups in total. The molecule has 0 saturated carbocycles. The molecule has 0 bridgehead atoms. The second-order valence-electron chi connectivity index (χ2n) is 20.0. The molecule has 0 aliphatic heterocycles. The van der Waals surface area contributed by atoms with Crippen molar-refractivity contribution < 1.29 is 24.5 Å². The number of hydrogen-bond donors (Lipinski definition) is 3. The van der Waals surface area contributed by atoms with E-state index in [1.165, 1.54) is 244 Å². The Kier molecular flexibility index (Phi) is 53.0. The summed E-state index contributed by atoms with van der Waals surface area (Å²) in [5, 5.41) is 23.1. The van der Waals surface area contributed by atoms with Gasteiger partial charge in [-0.05, 0) is 51.4 Å². The number of amides is 1. The smallest absolute Gasteiger partial charge is 0.305 e. The summed E-state index contributed by atoms with van der Waals surface area (Å²) in [6, 6.07) is -0.539. The molecule has 64 heavy (non-hydrogen) atoms. The van der Waals surface area contributed by atoms with Crippen LogP contribution in [-0.2, 0) is 14.3 Å². The molecule has 380 valence electrons. The van der Waals surface area contributed by atoms with Crippen molar-refractivity contribution in [3.8, 4) is 0 Å². The number of aliphatic hydroxyl groups excluding tert-OH is 2. The first-order chi connectivity index (χ1) is 31.5. The fourth-order valence-corrected chi connectivity index (χ4v) is 9.11.